The van der Waals surface area contributed by atoms with Gasteiger partial charge in [0.1, 0.15) is 0 Å². The van der Waals surface area contributed by atoms with Crippen LogP contribution in [0.1, 0.15) is 11.6 Å². The largest absolute Gasteiger partial charge is 0.303 e. The molecule has 0 aliphatic carbocycles. The highest BCUT2D eigenvalue weighted by molar-refractivity contribution is 7.90. The predicted molar refractivity (Wildman–Crippen MR) is 106 cm³/mol. The molecule has 0 aromatic heterocycles. The molecule has 2 aromatic carbocycles. The van der Waals surface area contributed by atoms with Gasteiger partial charge in [0.2, 0.25) is 20.0 Å². The summed E-state index contributed by atoms with van der Waals surface area (Å²) >= 11 is 0. The lowest BCUT2D eigenvalue weighted by atomic mass is 10.1. The lowest BCUT2D eigenvalue weighted by Gasteiger charge is -2.39. The Hall–Kier alpha value is -1.49. The van der Waals surface area contributed by atoms with Crippen LogP contribution in [-0.2, 0) is 20.0 Å². The van der Waals surface area contributed by atoms with E-state index >= 15 is 0 Å². The van der Waals surface area contributed by atoms with Crippen LogP contribution >= 0.6 is 12.4 Å². The Morgan fingerprint density at radius 1 is 0.926 bits per heavy atom. The number of benzene rings is 2. The summed E-state index contributed by atoms with van der Waals surface area (Å²) in [6.07, 6.45) is 0. The number of nitrogens with zero attached hydrogens (tertiary/aromatic N) is 2. The van der Waals surface area contributed by atoms with Crippen LogP contribution in [0.3, 0.4) is 0 Å². The van der Waals surface area contributed by atoms with E-state index in [1.165, 1.54) is 22.5 Å². The fourth-order valence-electron chi connectivity index (χ4n) is 3.08. The van der Waals surface area contributed by atoms with E-state index in [0.29, 0.717) is 19.6 Å². The van der Waals surface area contributed by atoms with Crippen molar-refractivity contribution in [3.63, 3.8) is 0 Å². The number of hydrogen-bond acceptors (Lipinski definition) is 5. The van der Waals surface area contributed by atoms with Crippen LogP contribution in [0.2, 0.25) is 0 Å². The van der Waals surface area contributed by atoms with E-state index in [2.05, 4.69) is 4.90 Å². The quantitative estimate of drug-likeness (QED) is 0.789. The topological polar surface area (TPSA) is 101 Å². The van der Waals surface area contributed by atoms with Crippen LogP contribution in [-0.4, -0.2) is 52.7 Å². The van der Waals surface area contributed by atoms with Gasteiger partial charge in [0.05, 0.1) is 15.8 Å². The van der Waals surface area contributed by atoms with E-state index in [-0.39, 0.29) is 28.2 Å². The van der Waals surface area contributed by atoms with Crippen molar-refractivity contribution in [3.8, 4) is 0 Å². The molecule has 0 amide bonds. The van der Waals surface area contributed by atoms with Gasteiger partial charge in [-0.15, -0.1) is 12.4 Å². The van der Waals surface area contributed by atoms with E-state index in [0.717, 1.165) is 11.6 Å². The van der Waals surface area contributed by atoms with Gasteiger partial charge in [-0.2, -0.15) is 4.31 Å². The molecule has 1 atom stereocenters. The average molecular weight is 432 g/mol. The third-order valence-electron chi connectivity index (χ3n) is 4.46. The van der Waals surface area contributed by atoms with Gasteiger partial charge in [0, 0.05) is 19.6 Å². The van der Waals surface area contributed by atoms with Crippen LogP contribution in [0.15, 0.2) is 64.4 Å². The molecule has 10 heteroatoms. The van der Waals surface area contributed by atoms with E-state index in [1.807, 2.05) is 37.4 Å². The van der Waals surface area contributed by atoms with Crippen molar-refractivity contribution < 1.29 is 16.8 Å². The highest BCUT2D eigenvalue weighted by Gasteiger charge is 2.36. The summed E-state index contributed by atoms with van der Waals surface area (Å²) in [5.74, 6) is 0. The minimum Gasteiger partial charge on any atom is -0.303 e. The van der Waals surface area contributed by atoms with Crippen molar-refractivity contribution in [2.75, 3.05) is 26.7 Å². The zero-order chi connectivity index (χ0) is 18.9. The van der Waals surface area contributed by atoms with Crippen LogP contribution in [0.5, 0.6) is 0 Å². The van der Waals surface area contributed by atoms with E-state index in [9.17, 15) is 16.8 Å². The standard InChI is InChI=1S/C17H21N3O4S2.ClH/c1-19-10-11-20(17(13-19)14-6-3-2-4-7-14)26(23,24)16-9-5-8-15(12-16)25(18,21)22;/h2-9,12,17H,10-11,13H2,1H3,(H2,18,21,22);1H. The normalized spacial score (nSPS) is 19.4. The highest BCUT2D eigenvalue weighted by Crippen LogP contribution is 2.31. The number of piperazine rings is 1. The molecular weight excluding hydrogens is 410 g/mol. The van der Waals surface area contributed by atoms with Crippen LogP contribution in [0, 0.1) is 0 Å². The van der Waals surface area contributed by atoms with Crippen molar-refractivity contribution in [2.45, 2.75) is 15.8 Å². The van der Waals surface area contributed by atoms with Gasteiger partial charge in [0.15, 0.2) is 0 Å². The molecule has 7 nitrogen and oxygen atoms in total. The number of likely N-dealkylation sites (N-methyl/N-ethyl adjacent to an activating group) is 1. The van der Waals surface area contributed by atoms with Crippen molar-refractivity contribution in [1.29, 1.82) is 0 Å². The first kappa shape index (κ1) is 21.8. The molecule has 0 radical (unpaired) electrons. The minimum atomic E-state index is -3.98. The molecule has 148 valence electrons. The zero-order valence-corrected chi connectivity index (χ0v) is 17.2. The summed E-state index contributed by atoms with van der Waals surface area (Å²) in [6.45, 7) is 1.47. The zero-order valence-electron chi connectivity index (χ0n) is 14.7. The summed E-state index contributed by atoms with van der Waals surface area (Å²) in [4.78, 5) is 1.78. The Balaban J connectivity index is 0.00000261. The van der Waals surface area contributed by atoms with Crippen molar-refractivity contribution >= 4 is 32.5 Å². The number of sulfonamides is 2. The van der Waals surface area contributed by atoms with Gasteiger partial charge in [-0.3, -0.25) is 0 Å². The molecule has 1 fully saturated rings. The van der Waals surface area contributed by atoms with E-state index < -0.39 is 20.0 Å². The summed E-state index contributed by atoms with van der Waals surface area (Å²) < 4.78 is 51.1. The summed E-state index contributed by atoms with van der Waals surface area (Å²) in [6, 6.07) is 14.2. The SMILES string of the molecule is CN1CCN(S(=O)(=O)c2cccc(S(N)(=O)=O)c2)C(c2ccccc2)C1.Cl. The number of halogens is 1. The lowest BCUT2D eigenvalue weighted by molar-refractivity contribution is 0.160. The van der Waals surface area contributed by atoms with Gasteiger partial charge in [0.25, 0.3) is 0 Å². The second-order valence-electron chi connectivity index (χ2n) is 6.32. The number of primary sulfonamides is 1. The molecule has 2 aromatic rings. The molecule has 1 heterocycles. The van der Waals surface area contributed by atoms with Crippen LogP contribution < -0.4 is 5.14 Å². The smallest absolute Gasteiger partial charge is 0.243 e. The van der Waals surface area contributed by atoms with Crippen LogP contribution in [0.25, 0.3) is 0 Å². The molecule has 0 saturated carbocycles. The maximum atomic E-state index is 13.2. The van der Waals surface area contributed by atoms with Gasteiger partial charge in [-0.1, -0.05) is 36.4 Å². The first-order valence-corrected chi connectivity index (χ1v) is 11.1. The molecule has 0 bridgehead atoms. The predicted octanol–water partition coefficient (Wildman–Crippen LogP) is 1.43. The third kappa shape index (κ3) is 4.68. The third-order valence-corrected chi connectivity index (χ3v) is 7.27. The van der Waals surface area contributed by atoms with Crippen LogP contribution in [0.4, 0.5) is 0 Å². The van der Waals surface area contributed by atoms with Gasteiger partial charge >= 0.3 is 0 Å². The molecule has 27 heavy (non-hydrogen) atoms. The number of nitrogens with two attached hydrogens (primary N) is 1. The molecule has 1 aliphatic rings. The monoisotopic (exact) mass is 431 g/mol. The second kappa shape index (κ2) is 8.26. The number of rotatable bonds is 4. The highest BCUT2D eigenvalue weighted by atomic mass is 35.5. The Labute approximate surface area is 166 Å². The van der Waals surface area contributed by atoms with E-state index in [4.69, 9.17) is 5.14 Å². The molecular formula is C17H22ClN3O4S2. The molecule has 1 unspecified atom stereocenters. The lowest BCUT2D eigenvalue weighted by Crippen LogP contribution is -2.49. The molecule has 2 N–H and O–H groups in total. The van der Waals surface area contributed by atoms with Crippen molar-refractivity contribution in [2.24, 2.45) is 5.14 Å². The molecule has 0 spiro atoms. The Kier molecular flexibility index (Phi) is 6.67. The Morgan fingerprint density at radius 3 is 2.19 bits per heavy atom. The average Bonchev–Trinajstić information content (AvgIpc) is 2.61. The maximum absolute atomic E-state index is 13.2. The fourth-order valence-corrected chi connectivity index (χ4v) is 5.36. The summed E-state index contributed by atoms with van der Waals surface area (Å²) in [7, 11) is -5.91. The second-order valence-corrected chi connectivity index (χ2v) is 9.78. The first-order valence-electron chi connectivity index (χ1n) is 8.08. The summed E-state index contributed by atoms with van der Waals surface area (Å²) in [5, 5.41) is 5.14. The first-order chi connectivity index (χ1) is 12.2. The van der Waals surface area contributed by atoms with E-state index in [1.54, 1.807) is 0 Å². The molecule has 3 rings (SSSR count). The van der Waals surface area contributed by atoms with Gasteiger partial charge in [-0.25, -0.2) is 22.0 Å². The van der Waals surface area contributed by atoms with Crippen molar-refractivity contribution in [3.05, 3.63) is 60.2 Å². The Morgan fingerprint density at radius 2 is 1.56 bits per heavy atom. The van der Waals surface area contributed by atoms with Gasteiger partial charge in [-0.05, 0) is 30.8 Å². The van der Waals surface area contributed by atoms with Gasteiger partial charge < -0.3 is 4.90 Å². The molecule has 1 aliphatic heterocycles. The summed E-state index contributed by atoms with van der Waals surface area (Å²) in [5.41, 5.74) is 0.894. The maximum Gasteiger partial charge on any atom is 0.243 e. The minimum absolute atomic E-state index is 0. The number of hydrogen-bond donors (Lipinski definition) is 1. The molecule has 1 saturated heterocycles. The van der Waals surface area contributed by atoms with Crippen molar-refractivity contribution in [1.82, 2.24) is 9.21 Å². The fraction of sp³-hybridized carbons (Fsp3) is 0.294. The Bertz CT molecular complexity index is 998.